The fraction of sp³-hybridized carbons (Fsp3) is 0.700. The smallest absolute Gasteiger partial charge is 0.129 e. The van der Waals surface area contributed by atoms with Gasteiger partial charge in [0.15, 0.2) is 0 Å². The third-order valence-electron chi connectivity index (χ3n) is 4.92. The molecule has 2 heterocycles. The minimum Gasteiger partial charge on any atom is -0.368 e. The van der Waals surface area contributed by atoms with Gasteiger partial charge in [-0.3, -0.25) is 4.98 Å². The zero-order chi connectivity index (χ0) is 17.6. The largest absolute Gasteiger partial charge is 0.368 e. The van der Waals surface area contributed by atoms with Gasteiger partial charge in [0, 0.05) is 49.2 Å². The molecule has 0 atom stereocenters. The summed E-state index contributed by atoms with van der Waals surface area (Å²) >= 11 is 0. The summed E-state index contributed by atoms with van der Waals surface area (Å²) in [5, 5.41) is 3.68. The van der Waals surface area contributed by atoms with Gasteiger partial charge in [-0.1, -0.05) is 20.3 Å². The third kappa shape index (κ3) is 5.04. The van der Waals surface area contributed by atoms with E-state index in [0.29, 0.717) is 5.54 Å². The fourth-order valence-electron chi connectivity index (χ4n) is 3.44. The number of nitrogens with zero attached hydrogens (tertiary/aromatic N) is 2. The summed E-state index contributed by atoms with van der Waals surface area (Å²) in [6, 6.07) is 2.21. The number of ketones is 1. The molecule has 1 spiro atoms. The second kappa shape index (κ2) is 8.61. The van der Waals surface area contributed by atoms with E-state index in [9.17, 15) is 4.79 Å². The molecule has 0 unspecified atom stereocenters. The lowest BCUT2D eigenvalue weighted by Crippen LogP contribution is -2.52. The molecule has 0 amide bonds. The number of carbonyl (C=O) groups is 1. The first-order valence-corrected chi connectivity index (χ1v) is 9.45. The summed E-state index contributed by atoms with van der Waals surface area (Å²) < 4.78 is 0. The van der Waals surface area contributed by atoms with Gasteiger partial charge in [0.2, 0.25) is 0 Å². The Hall–Kier alpha value is -1.42. The normalized spacial score (nSPS) is 18.1. The first kappa shape index (κ1) is 18.9. The lowest BCUT2D eigenvalue weighted by molar-refractivity contribution is -0.117. The summed E-state index contributed by atoms with van der Waals surface area (Å²) in [5.41, 5.74) is 4.53. The van der Waals surface area contributed by atoms with E-state index in [-0.39, 0.29) is 5.78 Å². The molecule has 0 aromatic carbocycles. The van der Waals surface area contributed by atoms with Crippen LogP contribution in [0, 0.1) is 6.92 Å². The second-order valence-electron chi connectivity index (χ2n) is 7.22. The number of hydrogen-bond acceptors (Lipinski definition) is 4. The standard InChI is InChI=1S/C15H23N3.C5H10O/c1-3-4-13-12(2)16-8-5-14(13)18-10-9-17-15(11-18)6-7-15;1-3-4-5(2)6/h5,8,17H,3-4,6-7,9-11H2,1-2H3;3-4H2,1-2H3. The Morgan fingerprint density at radius 3 is 2.62 bits per heavy atom. The number of rotatable bonds is 5. The zero-order valence-electron chi connectivity index (χ0n) is 15.8. The molecule has 1 aliphatic carbocycles. The van der Waals surface area contributed by atoms with Crippen molar-refractivity contribution < 1.29 is 4.79 Å². The Morgan fingerprint density at radius 1 is 1.33 bits per heavy atom. The molecule has 1 aliphatic heterocycles. The number of piperazine rings is 1. The molecule has 24 heavy (non-hydrogen) atoms. The quantitative estimate of drug-likeness (QED) is 0.894. The van der Waals surface area contributed by atoms with Gasteiger partial charge in [-0.05, 0) is 51.2 Å². The monoisotopic (exact) mass is 331 g/mol. The number of carbonyl (C=O) groups excluding carboxylic acids is 1. The van der Waals surface area contributed by atoms with Gasteiger partial charge >= 0.3 is 0 Å². The summed E-state index contributed by atoms with van der Waals surface area (Å²) in [6.07, 6.45) is 8.71. The predicted octanol–water partition coefficient (Wildman–Crippen LogP) is 3.66. The summed E-state index contributed by atoms with van der Waals surface area (Å²) in [5.74, 6) is 0.289. The zero-order valence-corrected chi connectivity index (χ0v) is 15.8. The highest BCUT2D eigenvalue weighted by molar-refractivity contribution is 5.75. The van der Waals surface area contributed by atoms with Crippen molar-refractivity contribution >= 4 is 11.5 Å². The molecule has 2 fully saturated rings. The summed E-state index contributed by atoms with van der Waals surface area (Å²) in [6.45, 7) is 11.4. The average Bonchev–Trinajstić information content (AvgIpc) is 3.28. The molecule has 1 N–H and O–H groups in total. The molecule has 0 radical (unpaired) electrons. The van der Waals surface area contributed by atoms with Crippen molar-refractivity contribution in [3.63, 3.8) is 0 Å². The molecule has 1 saturated heterocycles. The van der Waals surface area contributed by atoms with Crippen molar-refractivity contribution in [1.82, 2.24) is 10.3 Å². The Balaban J connectivity index is 0.000000301. The summed E-state index contributed by atoms with van der Waals surface area (Å²) in [4.78, 5) is 17.1. The molecule has 4 nitrogen and oxygen atoms in total. The van der Waals surface area contributed by atoms with Crippen LogP contribution in [0.15, 0.2) is 12.3 Å². The lowest BCUT2D eigenvalue weighted by Gasteiger charge is -2.37. The fourth-order valence-corrected chi connectivity index (χ4v) is 3.44. The second-order valence-corrected chi connectivity index (χ2v) is 7.22. The van der Waals surface area contributed by atoms with Crippen LogP contribution in [0.3, 0.4) is 0 Å². The van der Waals surface area contributed by atoms with E-state index in [0.717, 1.165) is 32.4 Å². The van der Waals surface area contributed by atoms with Crippen LogP contribution in [0.4, 0.5) is 5.69 Å². The number of nitrogens with one attached hydrogen (secondary N) is 1. The maximum atomic E-state index is 10.0. The van der Waals surface area contributed by atoms with Gasteiger partial charge in [0.25, 0.3) is 0 Å². The van der Waals surface area contributed by atoms with E-state index in [2.05, 4.69) is 35.1 Å². The van der Waals surface area contributed by atoms with Crippen molar-refractivity contribution in [3.8, 4) is 0 Å². The van der Waals surface area contributed by atoms with Gasteiger partial charge in [0.05, 0.1) is 0 Å². The van der Waals surface area contributed by atoms with Crippen LogP contribution in [0.1, 0.15) is 64.1 Å². The number of aromatic nitrogens is 1. The van der Waals surface area contributed by atoms with E-state index >= 15 is 0 Å². The van der Waals surface area contributed by atoms with Gasteiger partial charge in [-0.2, -0.15) is 0 Å². The Bertz CT molecular complexity index is 552. The maximum absolute atomic E-state index is 10.0. The summed E-state index contributed by atoms with van der Waals surface area (Å²) in [7, 11) is 0. The molecule has 1 aromatic heterocycles. The highest BCUT2D eigenvalue weighted by Gasteiger charge is 2.45. The Labute approximate surface area is 147 Å². The van der Waals surface area contributed by atoms with E-state index < -0.39 is 0 Å². The van der Waals surface area contributed by atoms with Crippen molar-refractivity contribution in [2.75, 3.05) is 24.5 Å². The Kier molecular flexibility index (Phi) is 6.79. The molecule has 1 aromatic rings. The van der Waals surface area contributed by atoms with Gasteiger partial charge in [0.1, 0.15) is 5.78 Å². The van der Waals surface area contributed by atoms with Crippen molar-refractivity contribution in [2.45, 2.75) is 71.8 Å². The molecule has 3 rings (SSSR count). The number of anilines is 1. The third-order valence-corrected chi connectivity index (χ3v) is 4.92. The van der Waals surface area contributed by atoms with Crippen LogP contribution < -0.4 is 10.2 Å². The van der Waals surface area contributed by atoms with E-state index in [1.165, 1.54) is 42.8 Å². The van der Waals surface area contributed by atoms with Crippen LogP contribution in [-0.4, -0.2) is 35.9 Å². The van der Waals surface area contributed by atoms with Crippen LogP contribution in [0.5, 0.6) is 0 Å². The van der Waals surface area contributed by atoms with Crippen LogP contribution in [-0.2, 0) is 11.2 Å². The maximum Gasteiger partial charge on any atom is 0.129 e. The van der Waals surface area contributed by atoms with E-state index in [1.807, 2.05) is 13.1 Å². The molecule has 0 bridgehead atoms. The SMILES string of the molecule is CCCC(C)=O.CCCc1c(N2CCNC3(CC3)C2)ccnc1C. The van der Waals surface area contributed by atoms with Crippen LogP contribution in [0.2, 0.25) is 0 Å². The van der Waals surface area contributed by atoms with Gasteiger partial charge in [-0.15, -0.1) is 0 Å². The van der Waals surface area contributed by atoms with Gasteiger partial charge in [-0.25, -0.2) is 0 Å². The molecule has 1 saturated carbocycles. The molecular formula is C20H33N3O. The van der Waals surface area contributed by atoms with E-state index in [4.69, 9.17) is 0 Å². The van der Waals surface area contributed by atoms with Gasteiger partial charge < -0.3 is 15.0 Å². The molecular weight excluding hydrogens is 298 g/mol. The average molecular weight is 332 g/mol. The number of hydrogen-bond donors (Lipinski definition) is 1. The minimum absolute atomic E-state index is 0.289. The first-order chi connectivity index (χ1) is 11.5. The molecule has 4 heteroatoms. The Morgan fingerprint density at radius 2 is 2.08 bits per heavy atom. The predicted molar refractivity (Wildman–Crippen MR) is 101 cm³/mol. The lowest BCUT2D eigenvalue weighted by atomic mass is 10.0. The number of pyridine rings is 1. The topological polar surface area (TPSA) is 45.2 Å². The van der Waals surface area contributed by atoms with Crippen molar-refractivity contribution in [1.29, 1.82) is 0 Å². The van der Waals surface area contributed by atoms with Crippen molar-refractivity contribution in [3.05, 3.63) is 23.5 Å². The highest BCUT2D eigenvalue weighted by atomic mass is 16.1. The molecule has 134 valence electrons. The van der Waals surface area contributed by atoms with Crippen LogP contribution >= 0.6 is 0 Å². The van der Waals surface area contributed by atoms with E-state index in [1.54, 1.807) is 6.92 Å². The minimum atomic E-state index is 0.289. The van der Waals surface area contributed by atoms with Crippen LogP contribution in [0.25, 0.3) is 0 Å². The number of aryl methyl sites for hydroxylation is 1. The van der Waals surface area contributed by atoms with Crippen molar-refractivity contribution in [2.24, 2.45) is 0 Å². The number of Topliss-reactive ketones (excluding diaryl/α,β-unsaturated/α-hetero) is 1. The first-order valence-electron chi connectivity index (χ1n) is 9.45. The molecule has 2 aliphatic rings. The highest BCUT2D eigenvalue weighted by Crippen LogP contribution is 2.39.